The number of hydrogen-bond acceptors (Lipinski definition) is 4. The Morgan fingerprint density at radius 1 is 1.03 bits per heavy atom. The number of carbonyl (C=O) groups excluding carboxylic acids is 1. The molecule has 0 N–H and O–H groups in total. The molecule has 0 saturated carbocycles. The quantitative estimate of drug-likeness (QED) is 0.714. The molecule has 6 nitrogen and oxygen atoms in total. The van der Waals surface area contributed by atoms with Crippen LogP contribution in [0.3, 0.4) is 0 Å². The zero-order chi connectivity index (χ0) is 21.9. The summed E-state index contributed by atoms with van der Waals surface area (Å²) in [5.74, 6) is -0.370. The van der Waals surface area contributed by atoms with Crippen LogP contribution in [0, 0.1) is 0 Å². The van der Waals surface area contributed by atoms with E-state index in [4.69, 9.17) is 4.74 Å². The number of morpholine rings is 1. The van der Waals surface area contributed by atoms with Crippen molar-refractivity contribution >= 4 is 15.9 Å². The highest BCUT2D eigenvalue weighted by atomic mass is 32.2. The molecule has 162 valence electrons. The van der Waals surface area contributed by atoms with Crippen molar-refractivity contribution in [3.63, 3.8) is 0 Å². The first kappa shape index (κ1) is 22.3. The molecule has 1 aliphatic heterocycles. The number of carbonyl (C=O) groups is 1. The summed E-state index contributed by atoms with van der Waals surface area (Å²) in [5.41, 5.74) is 0.0769. The molecule has 30 heavy (non-hydrogen) atoms. The molecule has 0 atom stereocenters. The smallest absolute Gasteiger partial charge is 0.379 e. The van der Waals surface area contributed by atoms with E-state index >= 15 is 0 Å². The van der Waals surface area contributed by atoms with Gasteiger partial charge >= 0.3 is 6.18 Å². The molecule has 1 aliphatic rings. The van der Waals surface area contributed by atoms with Gasteiger partial charge in [-0.05, 0) is 42.0 Å². The van der Waals surface area contributed by atoms with E-state index in [1.807, 2.05) is 0 Å². The summed E-state index contributed by atoms with van der Waals surface area (Å²) in [5, 5.41) is 0. The van der Waals surface area contributed by atoms with Crippen LogP contribution in [-0.2, 0) is 27.5 Å². The second-order valence-corrected chi connectivity index (χ2v) is 8.83. The summed E-state index contributed by atoms with van der Waals surface area (Å²) in [7, 11) is -2.13. The predicted molar refractivity (Wildman–Crippen MR) is 103 cm³/mol. The van der Waals surface area contributed by atoms with Crippen LogP contribution < -0.4 is 0 Å². The van der Waals surface area contributed by atoms with Gasteiger partial charge in [0.2, 0.25) is 10.0 Å². The Morgan fingerprint density at radius 2 is 1.60 bits per heavy atom. The molecule has 0 bridgehead atoms. The summed E-state index contributed by atoms with van der Waals surface area (Å²) < 4.78 is 69.7. The molecule has 1 amide bonds. The maximum Gasteiger partial charge on any atom is 0.416 e. The molecule has 0 radical (unpaired) electrons. The van der Waals surface area contributed by atoms with Crippen molar-refractivity contribution in [2.75, 3.05) is 33.4 Å². The van der Waals surface area contributed by atoms with Gasteiger partial charge in [0.1, 0.15) is 0 Å². The molecular formula is C20H21F3N2O4S. The second kappa shape index (κ2) is 8.75. The number of amides is 1. The van der Waals surface area contributed by atoms with Crippen LogP contribution in [0.1, 0.15) is 21.5 Å². The molecule has 3 rings (SSSR count). The van der Waals surface area contributed by atoms with Gasteiger partial charge in [-0.3, -0.25) is 4.79 Å². The Balaban J connectivity index is 1.67. The minimum Gasteiger partial charge on any atom is -0.379 e. The van der Waals surface area contributed by atoms with Crippen molar-refractivity contribution in [1.29, 1.82) is 0 Å². The van der Waals surface area contributed by atoms with Crippen LogP contribution in [0.15, 0.2) is 53.4 Å². The van der Waals surface area contributed by atoms with E-state index in [0.29, 0.717) is 18.8 Å². The van der Waals surface area contributed by atoms with Crippen LogP contribution in [0.2, 0.25) is 0 Å². The van der Waals surface area contributed by atoms with E-state index < -0.39 is 21.8 Å². The molecule has 0 aliphatic carbocycles. The molecule has 0 unspecified atom stereocenters. The van der Waals surface area contributed by atoms with E-state index in [9.17, 15) is 26.4 Å². The average molecular weight is 442 g/mol. The highest BCUT2D eigenvalue weighted by Crippen LogP contribution is 2.29. The molecule has 2 aromatic carbocycles. The van der Waals surface area contributed by atoms with Gasteiger partial charge in [-0.25, -0.2) is 8.42 Å². The summed E-state index contributed by atoms with van der Waals surface area (Å²) in [6.07, 6.45) is -4.41. The zero-order valence-corrected chi connectivity index (χ0v) is 17.0. The number of sulfonamides is 1. The lowest BCUT2D eigenvalue weighted by Gasteiger charge is -2.26. The Hall–Kier alpha value is -2.43. The molecule has 2 aromatic rings. The molecule has 1 heterocycles. The maximum absolute atomic E-state index is 12.7. The average Bonchev–Trinajstić information content (AvgIpc) is 2.73. The fourth-order valence-corrected chi connectivity index (χ4v) is 4.48. The Bertz CT molecular complexity index is 984. The largest absolute Gasteiger partial charge is 0.416 e. The highest BCUT2D eigenvalue weighted by Gasteiger charge is 2.30. The molecule has 0 aromatic heterocycles. The lowest BCUT2D eigenvalue weighted by Crippen LogP contribution is -2.40. The number of hydrogen-bond donors (Lipinski definition) is 0. The molecule has 10 heteroatoms. The summed E-state index contributed by atoms with van der Waals surface area (Å²) >= 11 is 0. The van der Waals surface area contributed by atoms with Gasteiger partial charge in [-0.2, -0.15) is 17.5 Å². The summed E-state index contributed by atoms with van der Waals surface area (Å²) in [6.45, 7) is 1.34. The summed E-state index contributed by atoms with van der Waals surface area (Å²) in [4.78, 5) is 14.1. The van der Waals surface area contributed by atoms with Crippen molar-refractivity contribution < 1.29 is 31.1 Å². The lowest BCUT2D eigenvalue weighted by molar-refractivity contribution is -0.137. The molecule has 1 saturated heterocycles. The van der Waals surface area contributed by atoms with Crippen molar-refractivity contribution in [2.45, 2.75) is 17.6 Å². The number of nitrogens with zero attached hydrogens (tertiary/aromatic N) is 2. The van der Waals surface area contributed by atoms with Crippen LogP contribution in [-0.4, -0.2) is 56.9 Å². The first-order valence-corrected chi connectivity index (χ1v) is 10.6. The standard InChI is InChI=1S/C20H21F3N2O4S/c1-24(14-15-2-6-17(7-3-15)20(21,22)23)19(26)16-4-8-18(9-5-16)30(27,28)25-10-12-29-13-11-25/h2-9H,10-14H2,1H3. The van der Waals surface area contributed by atoms with Gasteiger partial charge in [0.25, 0.3) is 5.91 Å². The van der Waals surface area contributed by atoms with E-state index in [1.54, 1.807) is 0 Å². The molecule has 0 spiro atoms. The van der Waals surface area contributed by atoms with Gasteiger partial charge in [0.05, 0.1) is 23.7 Å². The summed E-state index contributed by atoms with van der Waals surface area (Å²) in [6, 6.07) is 10.2. The van der Waals surface area contributed by atoms with Crippen molar-refractivity contribution in [3.8, 4) is 0 Å². The van der Waals surface area contributed by atoms with Gasteiger partial charge in [0.15, 0.2) is 0 Å². The van der Waals surface area contributed by atoms with Gasteiger partial charge in [-0.15, -0.1) is 0 Å². The number of ether oxygens (including phenoxy) is 1. The SMILES string of the molecule is CN(Cc1ccc(C(F)(F)F)cc1)C(=O)c1ccc(S(=O)(=O)N2CCOCC2)cc1. The van der Waals surface area contributed by atoms with E-state index in [2.05, 4.69) is 0 Å². The Kier molecular flexibility index (Phi) is 6.49. The fourth-order valence-electron chi connectivity index (χ4n) is 3.07. The van der Waals surface area contributed by atoms with Gasteiger partial charge in [0, 0.05) is 32.2 Å². The maximum atomic E-state index is 12.7. The van der Waals surface area contributed by atoms with Gasteiger partial charge < -0.3 is 9.64 Å². The lowest BCUT2D eigenvalue weighted by atomic mass is 10.1. The number of halogens is 3. The predicted octanol–water partition coefficient (Wildman–Crippen LogP) is 3.00. The first-order valence-electron chi connectivity index (χ1n) is 9.18. The van der Waals surface area contributed by atoms with Crippen molar-refractivity contribution in [1.82, 2.24) is 9.21 Å². The third-order valence-electron chi connectivity index (χ3n) is 4.76. The van der Waals surface area contributed by atoms with Crippen LogP contribution in [0.4, 0.5) is 13.2 Å². The van der Waals surface area contributed by atoms with E-state index in [-0.39, 0.29) is 36.0 Å². The van der Waals surface area contributed by atoms with Gasteiger partial charge in [-0.1, -0.05) is 12.1 Å². The van der Waals surface area contributed by atoms with Crippen LogP contribution in [0.25, 0.3) is 0 Å². The van der Waals surface area contributed by atoms with Crippen molar-refractivity contribution in [2.24, 2.45) is 0 Å². The van der Waals surface area contributed by atoms with Crippen LogP contribution in [0.5, 0.6) is 0 Å². The molecule has 1 fully saturated rings. The second-order valence-electron chi connectivity index (χ2n) is 6.90. The number of rotatable bonds is 5. The fraction of sp³-hybridized carbons (Fsp3) is 0.350. The normalized spacial score (nSPS) is 15.7. The third-order valence-corrected chi connectivity index (χ3v) is 6.67. The van der Waals surface area contributed by atoms with Crippen molar-refractivity contribution in [3.05, 3.63) is 65.2 Å². The number of alkyl halides is 3. The Morgan fingerprint density at radius 3 is 2.13 bits per heavy atom. The monoisotopic (exact) mass is 442 g/mol. The van der Waals surface area contributed by atoms with E-state index in [0.717, 1.165) is 12.1 Å². The zero-order valence-electron chi connectivity index (χ0n) is 16.2. The minimum atomic E-state index is -4.41. The highest BCUT2D eigenvalue weighted by molar-refractivity contribution is 7.89. The minimum absolute atomic E-state index is 0.0892. The topological polar surface area (TPSA) is 66.9 Å². The number of benzene rings is 2. The Labute approximate surface area is 172 Å². The molecular weight excluding hydrogens is 421 g/mol. The van der Waals surface area contributed by atoms with Crippen LogP contribution >= 0.6 is 0 Å². The third kappa shape index (κ3) is 5.00. The van der Waals surface area contributed by atoms with E-state index in [1.165, 1.54) is 52.7 Å². The first-order chi connectivity index (χ1) is 14.1.